The Morgan fingerprint density at radius 3 is 2.77 bits per heavy atom. The van der Waals surface area contributed by atoms with E-state index in [1.807, 2.05) is 48.5 Å². The van der Waals surface area contributed by atoms with E-state index in [2.05, 4.69) is 15.0 Å². The number of hydrogen-bond donors (Lipinski definition) is 3. The summed E-state index contributed by atoms with van der Waals surface area (Å²) in [5.74, 6) is 1.42. The summed E-state index contributed by atoms with van der Waals surface area (Å²) in [6, 6.07) is 16.0. The highest BCUT2D eigenvalue weighted by atomic mass is 16.6. The average Bonchev–Trinajstić information content (AvgIpc) is 3.16. The van der Waals surface area contributed by atoms with Crippen LogP contribution in [0.1, 0.15) is 11.1 Å². The Morgan fingerprint density at radius 2 is 1.90 bits per heavy atom. The van der Waals surface area contributed by atoms with Gasteiger partial charge in [0, 0.05) is 42.1 Å². The average molecular weight is 401 g/mol. The Morgan fingerprint density at radius 1 is 1.13 bits per heavy atom. The first-order chi connectivity index (χ1) is 14.7. The van der Waals surface area contributed by atoms with E-state index >= 15 is 0 Å². The molecule has 1 saturated heterocycles. The molecule has 7 nitrogen and oxygen atoms in total. The predicted octanol–water partition coefficient (Wildman–Crippen LogP) is 2.62. The zero-order chi connectivity index (χ0) is 20.2. The Bertz CT molecular complexity index is 1190. The largest absolute Gasteiger partial charge is 0.494 e. The summed E-state index contributed by atoms with van der Waals surface area (Å²) in [6.07, 6.45) is 0. The minimum absolute atomic E-state index is 0.0862. The predicted molar refractivity (Wildman–Crippen MR) is 116 cm³/mol. The van der Waals surface area contributed by atoms with E-state index < -0.39 is 0 Å². The number of nitrogens with zero attached hydrogens (tertiary/aromatic N) is 3. The number of fused-ring (bicyclic) bond motifs is 3. The van der Waals surface area contributed by atoms with Crippen LogP contribution in [0.3, 0.4) is 0 Å². The van der Waals surface area contributed by atoms with Crippen LogP contribution in [0, 0.1) is 11.8 Å². The number of nitrogens with one attached hydrogen (secondary N) is 1. The molecule has 0 amide bonds. The molecule has 152 valence electrons. The summed E-state index contributed by atoms with van der Waals surface area (Å²) in [4.78, 5) is 15.9. The van der Waals surface area contributed by atoms with Crippen molar-refractivity contribution in [3.8, 4) is 5.88 Å². The van der Waals surface area contributed by atoms with Crippen molar-refractivity contribution < 1.29 is 9.94 Å². The van der Waals surface area contributed by atoms with Gasteiger partial charge in [-0.2, -0.15) is 0 Å². The summed E-state index contributed by atoms with van der Waals surface area (Å²) in [6.45, 7) is 3.46. The number of aromatic nitrogens is 1. The van der Waals surface area contributed by atoms with Gasteiger partial charge < -0.3 is 20.7 Å². The monoisotopic (exact) mass is 401 g/mol. The molecular formula is C23H23N5O2. The molecule has 3 atom stereocenters. The van der Waals surface area contributed by atoms with E-state index in [1.165, 1.54) is 0 Å². The van der Waals surface area contributed by atoms with Gasteiger partial charge in [0.2, 0.25) is 0 Å². The lowest BCUT2D eigenvalue weighted by Crippen LogP contribution is -2.31. The Balaban J connectivity index is 1.27. The maximum Gasteiger partial charge on any atom is 0.199 e. The van der Waals surface area contributed by atoms with Gasteiger partial charge in [-0.25, -0.2) is 4.99 Å². The minimum Gasteiger partial charge on any atom is -0.494 e. The molecular weight excluding hydrogens is 378 g/mol. The van der Waals surface area contributed by atoms with E-state index in [0.29, 0.717) is 41.5 Å². The van der Waals surface area contributed by atoms with Crippen molar-refractivity contribution in [2.24, 2.45) is 27.7 Å². The van der Waals surface area contributed by atoms with E-state index in [1.54, 1.807) is 0 Å². The number of H-pyrrole nitrogens is 1. The molecule has 7 heteroatoms. The molecule has 4 N–H and O–H groups in total. The summed E-state index contributed by atoms with van der Waals surface area (Å²) in [5, 5.41) is 16.0. The normalized spacial score (nSPS) is 26.1. The standard InChI is InChI=1S/C23H23N5O2/c24-20-15-11-28(12-16(15)20)9-10-30-27-21-14-6-2-4-8-18(14)25-22(21)19-13-5-1-3-7-17(13)26-23(19)29/h1-8,15-16,20,26,29H,9-12,24H2/b27-21+/t15-,16+,20?. The molecule has 2 aliphatic heterocycles. The molecule has 6 rings (SSSR count). The van der Waals surface area contributed by atoms with Crippen molar-refractivity contribution >= 4 is 28.0 Å². The number of nitrogens with two attached hydrogens (primary N) is 1. The maximum atomic E-state index is 10.6. The third-order valence-electron chi connectivity index (χ3n) is 6.53. The van der Waals surface area contributed by atoms with Gasteiger partial charge in [-0.15, -0.1) is 0 Å². The Kier molecular flexibility index (Phi) is 3.94. The number of aromatic hydroxyl groups is 1. The zero-order valence-corrected chi connectivity index (χ0v) is 16.5. The van der Waals surface area contributed by atoms with Crippen LogP contribution in [0.5, 0.6) is 5.88 Å². The van der Waals surface area contributed by atoms with E-state index in [4.69, 9.17) is 15.6 Å². The van der Waals surface area contributed by atoms with Gasteiger partial charge >= 0.3 is 0 Å². The van der Waals surface area contributed by atoms with Crippen molar-refractivity contribution in [3.63, 3.8) is 0 Å². The van der Waals surface area contributed by atoms with Crippen molar-refractivity contribution in [2.45, 2.75) is 6.04 Å². The molecule has 2 fully saturated rings. The second-order valence-corrected chi connectivity index (χ2v) is 8.31. The summed E-state index contributed by atoms with van der Waals surface area (Å²) in [5.41, 5.74) is 10.5. The third kappa shape index (κ3) is 2.74. The number of para-hydroxylation sites is 2. The zero-order valence-electron chi connectivity index (χ0n) is 16.5. The number of aliphatic imine (C=N–C) groups is 1. The maximum absolute atomic E-state index is 10.6. The summed E-state index contributed by atoms with van der Waals surface area (Å²) < 4.78 is 0. The number of hydrogen-bond acceptors (Lipinski definition) is 6. The third-order valence-corrected chi connectivity index (χ3v) is 6.53. The van der Waals surface area contributed by atoms with Crippen molar-refractivity contribution in [2.75, 3.05) is 26.2 Å². The molecule has 3 heterocycles. The highest BCUT2D eigenvalue weighted by Gasteiger charge is 2.53. The molecule has 1 unspecified atom stereocenters. The lowest BCUT2D eigenvalue weighted by molar-refractivity contribution is 0.115. The minimum atomic E-state index is 0.0862. The molecule has 1 aromatic heterocycles. The van der Waals surface area contributed by atoms with Gasteiger partial charge in [0.1, 0.15) is 18.0 Å². The molecule has 0 spiro atoms. The highest BCUT2D eigenvalue weighted by Crippen LogP contribution is 2.43. The number of aromatic amines is 1. The smallest absolute Gasteiger partial charge is 0.199 e. The number of piperidine rings is 1. The van der Waals surface area contributed by atoms with Crippen molar-refractivity contribution in [3.05, 3.63) is 59.7 Å². The van der Waals surface area contributed by atoms with Gasteiger partial charge in [-0.1, -0.05) is 41.6 Å². The highest BCUT2D eigenvalue weighted by molar-refractivity contribution is 6.58. The topological polar surface area (TPSA) is 99.2 Å². The molecule has 2 aromatic carbocycles. The number of rotatable bonds is 5. The first-order valence-corrected chi connectivity index (χ1v) is 10.4. The molecule has 1 saturated carbocycles. The molecule has 30 heavy (non-hydrogen) atoms. The number of likely N-dealkylation sites (tertiary alicyclic amines) is 1. The Labute approximate surface area is 173 Å². The van der Waals surface area contributed by atoms with Crippen molar-refractivity contribution in [1.82, 2.24) is 9.88 Å². The van der Waals surface area contributed by atoms with Crippen LogP contribution in [0.25, 0.3) is 10.9 Å². The first kappa shape index (κ1) is 17.7. The van der Waals surface area contributed by atoms with Gasteiger partial charge in [0.05, 0.1) is 11.3 Å². The summed E-state index contributed by atoms with van der Waals surface area (Å²) >= 11 is 0. The van der Waals surface area contributed by atoms with Gasteiger partial charge in [0.25, 0.3) is 0 Å². The van der Waals surface area contributed by atoms with Gasteiger partial charge in [0.15, 0.2) is 5.88 Å². The molecule has 3 aromatic rings. The lowest BCUT2D eigenvalue weighted by atomic mass is 10.0. The SMILES string of the molecule is NC1[C@H]2CN(CCO/N=C3/C(c4c(O)[nH]c5ccccc45)=Nc4ccccc43)C[C@@H]12. The van der Waals surface area contributed by atoms with Gasteiger partial charge in [-0.3, -0.25) is 4.90 Å². The fourth-order valence-electron chi connectivity index (χ4n) is 4.83. The number of oxime groups is 1. The number of benzene rings is 2. The molecule has 1 aliphatic carbocycles. The van der Waals surface area contributed by atoms with Crippen LogP contribution < -0.4 is 5.73 Å². The quantitative estimate of drug-likeness (QED) is 0.452. The van der Waals surface area contributed by atoms with Crippen LogP contribution in [-0.2, 0) is 4.84 Å². The molecule has 0 bridgehead atoms. The second-order valence-electron chi connectivity index (χ2n) is 8.31. The van der Waals surface area contributed by atoms with Crippen LogP contribution in [0.2, 0.25) is 0 Å². The molecule has 0 radical (unpaired) electrons. The van der Waals surface area contributed by atoms with Crippen LogP contribution >= 0.6 is 0 Å². The lowest BCUT2D eigenvalue weighted by Gasteiger charge is -2.17. The van der Waals surface area contributed by atoms with Crippen LogP contribution in [0.15, 0.2) is 58.7 Å². The van der Waals surface area contributed by atoms with Crippen molar-refractivity contribution in [1.29, 1.82) is 0 Å². The van der Waals surface area contributed by atoms with E-state index in [0.717, 1.165) is 41.8 Å². The van der Waals surface area contributed by atoms with Crippen LogP contribution in [0.4, 0.5) is 5.69 Å². The summed E-state index contributed by atoms with van der Waals surface area (Å²) in [7, 11) is 0. The van der Waals surface area contributed by atoms with Crippen LogP contribution in [-0.4, -0.2) is 58.7 Å². The van der Waals surface area contributed by atoms with E-state index in [9.17, 15) is 5.11 Å². The Hall–Kier alpha value is -3.16. The fraction of sp³-hybridized carbons (Fsp3) is 0.304. The first-order valence-electron chi connectivity index (χ1n) is 10.4. The second kappa shape index (κ2) is 6.68. The fourth-order valence-corrected chi connectivity index (χ4v) is 4.83. The molecule has 3 aliphatic rings. The van der Waals surface area contributed by atoms with Gasteiger partial charge in [-0.05, 0) is 24.0 Å². The van der Waals surface area contributed by atoms with E-state index in [-0.39, 0.29) is 5.88 Å².